The van der Waals surface area contributed by atoms with Crippen LogP contribution in [0.25, 0.3) is 0 Å². The summed E-state index contributed by atoms with van der Waals surface area (Å²) in [4.78, 5) is 34.9. The Morgan fingerprint density at radius 2 is 1.16 bits per heavy atom. The van der Waals surface area contributed by atoms with Crippen molar-refractivity contribution in [1.29, 1.82) is 0 Å². The number of aromatic hydroxyl groups is 3. The van der Waals surface area contributed by atoms with Crippen LogP contribution in [0.15, 0.2) is 125 Å². The molecule has 0 aliphatic rings. The maximum atomic E-state index is 13.7. The van der Waals surface area contributed by atoms with Crippen LogP contribution in [0, 0.1) is 0 Å². The summed E-state index contributed by atoms with van der Waals surface area (Å²) in [6.07, 6.45) is 14.7. The van der Waals surface area contributed by atoms with Gasteiger partial charge in [-0.25, -0.2) is 13.2 Å². The minimum Gasteiger partial charge on any atom is -0.508 e. The summed E-state index contributed by atoms with van der Waals surface area (Å²) in [6, 6.07) is 29.6. The Balaban J connectivity index is 0.000000666. The molecule has 5 aromatic carbocycles. The SMILES string of the molecule is CCCCCCCCCCCCCCCc1cc(O)cc(S(=O)(=O)c2cccc(C(=O)Nc3ccc(NC(=O)c4ccccc4)c(O)c3)c2)c1O.O=C(O)OCc1ccccc1. The van der Waals surface area contributed by atoms with Crippen molar-refractivity contribution in [3.63, 3.8) is 0 Å². The zero-order chi connectivity index (χ0) is 44.7. The van der Waals surface area contributed by atoms with Crippen molar-refractivity contribution in [2.45, 2.75) is 113 Å². The second kappa shape index (κ2) is 25.4. The molecular weight excluding hydrogens is 809 g/mol. The van der Waals surface area contributed by atoms with Crippen molar-refractivity contribution in [3.05, 3.63) is 138 Å². The highest BCUT2D eigenvalue weighted by molar-refractivity contribution is 7.91. The highest BCUT2D eigenvalue weighted by Crippen LogP contribution is 2.36. The summed E-state index contributed by atoms with van der Waals surface area (Å²) < 4.78 is 31.7. The molecule has 0 unspecified atom stereocenters. The summed E-state index contributed by atoms with van der Waals surface area (Å²) in [6.45, 7) is 2.35. The molecule has 13 heteroatoms. The Morgan fingerprint density at radius 1 is 0.597 bits per heavy atom. The van der Waals surface area contributed by atoms with Crippen LogP contribution in [-0.2, 0) is 27.6 Å². The molecule has 2 amide bonds. The summed E-state index contributed by atoms with van der Waals surface area (Å²) in [5.41, 5.74) is 2.00. The number of rotatable bonds is 22. The van der Waals surface area contributed by atoms with Crippen LogP contribution in [0.2, 0.25) is 0 Å². The van der Waals surface area contributed by atoms with Crippen LogP contribution in [0.5, 0.6) is 17.2 Å². The first kappa shape index (κ1) is 48.3. The number of carboxylic acid groups (broad SMARTS) is 1. The van der Waals surface area contributed by atoms with E-state index in [0.29, 0.717) is 17.5 Å². The molecule has 0 aromatic heterocycles. The molecule has 5 aromatic rings. The number of hydrogen-bond donors (Lipinski definition) is 6. The third kappa shape index (κ3) is 15.9. The van der Waals surface area contributed by atoms with Crippen LogP contribution < -0.4 is 10.6 Å². The van der Waals surface area contributed by atoms with E-state index >= 15 is 0 Å². The van der Waals surface area contributed by atoms with Gasteiger partial charge >= 0.3 is 6.16 Å². The lowest BCUT2D eigenvalue weighted by Crippen LogP contribution is -2.14. The van der Waals surface area contributed by atoms with Crippen molar-refractivity contribution in [2.24, 2.45) is 0 Å². The molecule has 0 fully saturated rings. The van der Waals surface area contributed by atoms with Crippen LogP contribution >= 0.6 is 0 Å². The molecule has 0 aliphatic carbocycles. The van der Waals surface area contributed by atoms with Crippen molar-refractivity contribution < 1.29 is 48.0 Å². The predicted octanol–water partition coefficient (Wildman–Crippen LogP) is 11.7. The molecular formula is C49H58N2O10S. The average molecular weight is 867 g/mol. The molecule has 0 atom stereocenters. The van der Waals surface area contributed by atoms with Crippen LogP contribution in [0.3, 0.4) is 0 Å². The first-order valence-corrected chi connectivity index (χ1v) is 22.7. The number of amides is 2. The van der Waals surface area contributed by atoms with E-state index in [1.807, 2.05) is 30.3 Å². The van der Waals surface area contributed by atoms with Gasteiger partial charge in [0, 0.05) is 28.9 Å². The van der Waals surface area contributed by atoms with Crippen molar-refractivity contribution in [1.82, 2.24) is 0 Å². The summed E-state index contributed by atoms with van der Waals surface area (Å²) in [5.74, 6) is -2.01. The number of benzene rings is 5. The lowest BCUT2D eigenvalue weighted by atomic mass is 10.0. The highest BCUT2D eigenvalue weighted by Gasteiger charge is 2.26. The van der Waals surface area contributed by atoms with E-state index in [2.05, 4.69) is 22.3 Å². The molecule has 0 heterocycles. The largest absolute Gasteiger partial charge is 0.508 e. The van der Waals surface area contributed by atoms with Crippen LogP contribution in [0.4, 0.5) is 16.2 Å². The fourth-order valence-corrected chi connectivity index (χ4v) is 8.19. The van der Waals surface area contributed by atoms with Crippen molar-refractivity contribution in [3.8, 4) is 17.2 Å². The van der Waals surface area contributed by atoms with Gasteiger partial charge in [0.1, 0.15) is 28.8 Å². The van der Waals surface area contributed by atoms with Gasteiger partial charge in [0.05, 0.1) is 10.6 Å². The van der Waals surface area contributed by atoms with E-state index in [4.69, 9.17) is 5.11 Å². The number of phenols is 3. The standard InChI is InChI=1S/C41H50N2O7S.C8H8O3/c1-2-3-4-5-6-7-8-9-10-11-12-13-15-21-31-26-34(44)29-38(39(31)46)51(49,50)35-23-18-22-32(27-35)41(48)42-33-24-25-36(37(45)28-33)43-40(47)30-19-16-14-17-20-30;9-8(10)11-6-7-4-2-1-3-5-7/h14,16-20,22-29,44-46H,2-13,15,21H2,1H3,(H,42,48)(H,43,47);1-5H,6H2,(H,9,10). The summed E-state index contributed by atoms with van der Waals surface area (Å²) >= 11 is 0. The first-order chi connectivity index (χ1) is 29.9. The second-order valence-corrected chi connectivity index (χ2v) is 16.9. The molecule has 0 aliphatic heterocycles. The van der Waals surface area contributed by atoms with Gasteiger partial charge in [-0.15, -0.1) is 0 Å². The zero-order valence-electron chi connectivity index (χ0n) is 35.2. The van der Waals surface area contributed by atoms with E-state index in [9.17, 15) is 38.1 Å². The van der Waals surface area contributed by atoms with Gasteiger partial charge in [0.25, 0.3) is 11.8 Å². The number of sulfone groups is 1. The summed E-state index contributed by atoms with van der Waals surface area (Å²) in [7, 11) is -4.32. The van der Waals surface area contributed by atoms with Crippen molar-refractivity contribution >= 4 is 39.2 Å². The van der Waals surface area contributed by atoms with Crippen LogP contribution in [0.1, 0.15) is 122 Å². The lowest BCUT2D eigenvalue weighted by Gasteiger charge is -2.13. The first-order valence-electron chi connectivity index (χ1n) is 21.2. The van der Waals surface area contributed by atoms with Gasteiger partial charge in [-0.1, -0.05) is 139 Å². The van der Waals surface area contributed by atoms with E-state index in [1.165, 1.54) is 106 Å². The Hall–Kier alpha value is -6.34. The minimum absolute atomic E-state index is 0.0175. The Bertz CT molecular complexity index is 2300. The highest BCUT2D eigenvalue weighted by atomic mass is 32.2. The number of aryl methyl sites for hydroxylation is 1. The van der Waals surface area contributed by atoms with Crippen LogP contribution in [-0.4, -0.2) is 46.8 Å². The maximum absolute atomic E-state index is 13.7. The average Bonchev–Trinajstić information content (AvgIpc) is 3.27. The van der Waals surface area contributed by atoms with E-state index < -0.39 is 38.5 Å². The number of phenolic OH excluding ortho intramolecular Hbond substituents is 3. The van der Waals surface area contributed by atoms with Gasteiger partial charge in [-0.2, -0.15) is 0 Å². The van der Waals surface area contributed by atoms with Gasteiger partial charge in [-0.05, 0) is 72.5 Å². The molecule has 5 rings (SSSR count). The quantitative estimate of drug-likeness (QED) is 0.0168. The topological polar surface area (TPSA) is 200 Å². The second-order valence-electron chi connectivity index (χ2n) is 15.0. The molecule has 0 saturated carbocycles. The number of unbranched alkanes of at least 4 members (excludes halogenated alkanes) is 12. The van der Waals surface area contributed by atoms with Gasteiger partial charge in [0.15, 0.2) is 0 Å². The Morgan fingerprint density at radius 3 is 1.76 bits per heavy atom. The number of nitrogens with one attached hydrogen (secondary N) is 2. The molecule has 12 nitrogen and oxygen atoms in total. The number of hydrogen-bond acceptors (Lipinski definition) is 9. The predicted molar refractivity (Wildman–Crippen MR) is 241 cm³/mol. The molecule has 0 bridgehead atoms. The minimum atomic E-state index is -4.32. The molecule has 0 radical (unpaired) electrons. The summed E-state index contributed by atoms with van der Waals surface area (Å²) in [5, 5.41) is 45.3. The maximum Gasteiger partial charge on any atom is 0.506 e. The monoisotopic (exact) mass is 866 g/mol. The van der Waals surface area contributed by atoms with E-state index in [0.717, 1.165) is 37.3 Å². The third-order valence-electron chi connectivity index (χ3n) is 10.1. The van der Waals surface area contributed by atoms with Crippen molar-refractivity contribution in [2.75, 3.05) is 10.6 Å². The normalized spacial score (nSPS) is 10.9. The Kier molecular flexibility index (Phi) is 19.8. The zero-order valence-corrected chi connectivity index (χ0v) is 36.0. The third-order valence-corrected chi connectivity index (χ3v) is 11.9. The van der Waals surface area contributed by atoms with E-state index in [-0.39, 0.29) is 39.9 Å². The fourth-order valence-electron chi connectivity index (χ4n) is 6.73. The molecule has 62 heavy (non-hydrogen) atoms. The molecule has 0 spiro atoms. The number of carbonyl (C=O) groups is 3. The number of carbonyl (C=O) groups excluding carboxylic acids is 2. The number of anilines is 2. The molecule has 330 valence electrons. The Labute approximate surface area is 364 Å². The molecule has 6 N–H and O–H groups in total. The smallest absolute Gasteiger partial charge is 0.506 e. The van der Waals surface area contributed by atoms with E-state index in [1.54, 1.807) is 30.3 Å². The van der Waals surface area contributed by atoms with Gasteiger partial charge < -0.3 is 35.8 Å². The lowest BCUT2D eigenvalue weighted by molar-refractivity contribution is 0.0852. The van der Waals surface area contributed by atoms with Gasteiger partial charge in [-0.3, -0.25) is 9.59 Å². The van der Waals surface area contributed by atoms with Gasteiger partial charge in [0.2, 0.25) is 9.84 Å². The molecule has 0 saturated heterocycles. The number of ether oxygens (including phenoxy) is 1. The fraction of sp³-hybridized carbons (Fsp3) is 0.327.